The SMILES string of the molecule is CC1CCN=CC1(F)F. The summed E-state index contributed by atoms with van der Waals surface area (Å²) in [6.45, 7) is 2.10. The minimum atomic E-state index is -2.65. The Hall–Kier alpha value is -0.470. The zero-order valence-corrected chi connectivity index (χ0v) is 5.27. The van der Waals surface area contributed by atoms with E-state index in [9.17, 15) is 8.78 Å². The molecule has 0 radical (unpaired) electrons. The van der Waals surface area contributed by atoms with Gasteiger partial charge in [-0.2, -0.15) is 0 Å². The molecule has 1 aliphatic heterocycles. The smallest absolute Gasteiger partial charge is 0.285 e. The average molecular weight is 133 g/mol. The molecule has 0 aromatic carbocycles. The zero-order valence-electron chi connectivity index (χ0n) is 5.27. The Balaban J connectivity index is 2.68. The van der Waals surface area contributed by atoms with Crippen molar-refractivity contribution in [3.05, 3.63) is 0 Å². The average Bonchev–Trinajstić information content (AvgIpc) is 1.77. The monoisotopic (exact) mass is 133 g/mol. The van der Waals surface area contributed by atoms with E-state index in [2.05, 4.69) is 4.99 Å². The second-order valence-electron chi connectivity index (χ2n) is 2.40. The highest BCUT2D eigenvalue weighted by Gasteiger charge is 2.35. The maximum absolute atomic E-state index is 12.4. The minimum Gasteiger partial charge on any atom is -0.291 e. The predicted octanol–water partition coefficient (Wildman–Crippen LogP) is 1.73. The van der Waals surface area contributed by atoms with Crippen LogP contribution < -0.4 is 0 Å². The van der Waals surface area contributed by atoms with Gasteiger partial charge in [0, 0.05) is 12.5 Å². The van der Waals surface area contributed by atoms with Gasteiger partial charge in [0.1, 0.15) is 0 Å². The van der Waals surface area contributed by atoms with Gasteiger partial charge in [0.25, 0.3) is 5.92 Å². The van der Waals surface area contributed by atoms with E-state index in [1.165, 1.54) is 0 Å². The molecule has 9 heavy (non-hydrogen) atoms. The quantitative estimate of drug-likeness (QED) is 0.477. The van der Waals surface area contributed by atoms with E-state index in [0.29, 0.717) is 13.0 Å². The predicted molar refractivity (Wildman–Crippen MR) is 32.1 cm³/mol. The van der Waals surface area contributed by atoms with Crippen molar-refractivity contribution in [1.29, 1.82) is 0 Å². The summed E-state index contributed by atoms with van der Waals surface area (Å²) in [7, 11) is 0. The van der Waals surface area contributed by atoms with Crippen LogP contribution in [-0.2, 0) is 0 Å². The molecule has 0 aromatic heterocycles. The van der Waals surface area contributed by atoms with Gasteiger partial charge in [0.05, 0.1) is 6.21 Å². The van der Waals surface area contributed by atoms with Crippen molar-refractivity contribution in [1.82, 2.24) is 0 Å². The van der Waals surface area contributed by atoms with E-state index >= 15 is 0 Å². The highest BCUT2D eigenvalue weighted by molar-refractivity contribution is 5.67. The summed E-state index contributed by atoms with van der Waals surface area (Å²) in [5, 5.41) is 0. The summed E-state index contributed by atoms with van der Waals surface area (Å²) in [6.07, 6.45) is 1.27. The number of hydrogen-bond donors (Lipinski definition) is 0. The van der Waals surface area contributed by atoms with E-state index < -0.39 is 11.8 Å². The molecule has 0 bridgehead atoms. The van der Waals surface area contributed by atoms with E-state index in [1.54, 1.807) is 6.92 Å². The van der Waals surface area contributed by atoms with E-state index in [0.717, 1.165) is 6.21 Å². The van der Waals surface area contributed by atoms with Crippen LogP contribution >= 0.6 is 0 Å². The molecule has 0 aliphatic carbocycles. The van der Waals surface area contributed by atoms with Crippen molar-refractivity contribution in [2.75, 3.05) is 6.54 Å². The van der Waals surface area contributed by atoms with Gasteiger partial charge in [-0.05, 0) is 6.42 Å². The van der Waals surface area contributed by atoms with Crippen molar-refractivity contribution in [3.8, 4) is 0 Å². The molecule has 1 nitrogen and oxygen atoms in total. The molecule has 0 saturated heterocycles. The lowest BCUT2D eigenvalue weighted by Crippen LogP contribution is -2.31. The Morgan fingerprint density at radius 2 is 2.33 bits per heavy atom. The molecular weight excluding hydrogens is 124 g/mol. The lowest BCUT2D eigenvalue weighted by atomic mass is 9.99. The largest absolute Gasteiger partial charge is 0.291 e. The number of alkyl halides is 2. The lowest BCUT2D eigenvalue weighted by Gasteiger charge is -2.22. The topological polar surface area (TPSA) is 12.4 Å². The first kappa shape index (κ1) is 6.65. The van der Waals surface area contributed by atoms with E-state index in [1.807, 2.05) is 0 Å². The van der Waals surface area contributed by atoms with Gasteiger partial charge in [-0.1, -0.05) is 6.92 Å². The van der Waals surface area contributed by atoms with Crippen LogP contribution in [0.15, 0.2) is 4.99 Å². The standard InChI is InChI=1S/C6H9F2N/c1-5-2-3-9-4-6(5,7)8/h4-5H,2-3H2,1H3. The fourth-order valence-electron chi connectivity index (χ4n) is 0.774. The molecule has 1 heterocycles. The number of hydrogen-bond acceptors (Lipinski definition) is 1. The van der Waals surface area contributed by atoms with Gasteiger partial charge < -0.3 is 0 Å². The highest BCUT2D eigenvalue weighted by atomic mass is 19.3. The van der Waals surface area contributed by atoms with Crippen LogP contribution in [0.3, 0.4) is 0 Å². The van der Waals surface area contributed by atoms with Crippen LogP contribution in [0.1, 0.15) is 13.3 Å². The van der Waals surface area contributed by atoms with Crippen molar-refractivity contribution in [2.24, 2.45) is 10.9 Å². The third kappa shape index (κ3) is 1.26. The van der Waals surface area contributed by atoms with Crippen molar-refractivity contribution in [3.63, 3.8) is 0 Å². The first-order valence-corrected chi connectivity index (χ1v) is 3.02. The molecule has 52 valence electrons. The van der Waals surface area contributed by atoms with Gasteiger partial charge in [-0.15, -0.1) is 0 Å². The van der Waals surface area contributed by atoms with Crippen LogP contribution in [0, 0.1) is 5.92 Å². The third-order valence-corrected chi connectivity index (χ3v) is 1.61. The van der Waals surface area contributed by atoms with Crippen LogP contribution in [0.25, 0.3) is 0 Å². The third-order valence-electron chi connectivity index (χ3n) is 1.61. The normalized spacial score (nSPS) is 32.6. The molecule has 0 fully saturated rings. The molecule has 0 amide bonds. The molecule has 1 aliphatic rings. The second-order valence-corrected chi connectivity index (χ2v) is 2.40. The first-order valence-electron chi connectivity index (χ1n) is 3.02. The van der Waals surface area contributed by atoms with Crippen LogP contribution in [0.4, 0.5) is 8.78 Å². The van der Waals surface area contributed by atoms with Crippen molar-refractivity contribution < 1.29 is 8.78 Å². The van der Waals surface area contributed by atoms with Crippen LogP contribution in [0.2, 0.25) is 0 Å². The molecule has 1 rings (SSSR count). The Bertz CT molecular complexity index is 131. The summed E-state index contributed by atoms with van der Waals surface area (Å²) < 4.78 is 24.9. The molecule has 0 aromatic rings. The Labute approximate surface area is 52.8 Å². The maximum atomic E-state index is 12.4. The summed E-state index contributed by atoms with van der Waals surface area (Å²) in [4.78, 5) is 3.51. The zero-order chi connectivity index (χ0) is 6.91. The molecule has 0 N–H and O–H groups in total. The molecule has 0 saturated carbocycles. The first-order chi connectivity index (χ1) is 4.13. The Kier molecular flexibility index (Phi) is 1.51. The second kappa shape index (κ2) is 2.05. The van der Waals surface area contributed by atoms with Gasteiger partial charge in [0.2, 0.25) is 0 Å². The number of nitrogens with zero attached hydrogens (tertiary/aromatic N) is 1. The molecule has 1 atom stereocenters. The highest BCUT2D eigenvalue weighted by Crippen LogP contribution is 2.27. The minimum absolute atomic E-state index is 0.503. The summed E-state index contributed by atoms with van der Waals surface area (Å²) >= 11 is 0. The number of aliphatic imine (C=N–C) groups is 1. The summed E-state index contributed by atoms with van der Waals surface area (Å²) in [5.74, 6) is -3.19. The van der Waals surface area contributed by atoms with Gasteiger partial charge in [0.15, 0.2) is 0 Å². The lowest BCUT2D eigenvalue weighted by molar-refractivity contribution is 0.0175. The van der Waals surface area contributed by atoms with Gasteiger partial charge in [-0.25, -0.2) is 8.78 Å². The van der Waals surface area contributed by atoms with Crippen molar-refractivity contribution >= 4 is 6.21 Å². The fraction of sp³-hybridized carbons (Fsp3) is 0.833. The van der Waals surface area contributed by atoms with E-state index in [4.69, 9.17) is 0 Å². The molecule has 1 unspecified atom stereocenters. The van der Waals surface area contributed by atoms with Gasteiger partial charge >= 0.3 is 0 Å². The molecule has 0 spiro atoms. The van der Waals surface area contributed by atoms with Gasteiger partial charge in [-0.3, -0.25) is 4.99 Å². The van der Waals surface area contributed by atoms with Crippen molar-refractivity contribution in [2.45, 2.75) is 19.3 Å². The van der Waals surface area contributed by atoms with Crippen LogP contribution in [-0.4, -0.2) is 18.7 Å². The Morgan fingerprint density at radius 1 is 1.67 bits per heavy atom. The summed E-state index contributed by atoms with van der Waals surface area (Å²) in [6, 6.07) is 0. The molecule has 3 heteroatoms. The maximum Gasteiger partial charge on any atom is 0.285 e. The number of halogens is 2. The number of rotatable bonds is 0. The van der Waals surface area contributed by atoms with E-state index in [-0.39, 0.29) is 0 Å². The fourth-order valence-corrected chi connectivity index (χ4v) is 0.774. The summed E-state index contributed by atoms with van der Waals surface area (Å²) in [5.41, 5.74) is 0. The molecular formula is C6H9F2N. The Morgan fingerprint density at radius 3 is 2.67 bits per heavy atom. The van der Waals surface area contributed by atoms with Crippen LogP contribution in [0.5, 0.6) is 0 Å².